The zero-order valence-electron chi connectivity index (χ0n) is 12.8. The van der Waals surface area contributed by atoms with Crippen LogP contribution in [0.1, 0.15) is 48.5 Å². The van der Waals surface area contributed by atoms with Crippen molar-refractivity contribution in [2.75, 3.05) is 0 Å². The van der Waals surface area contributed by atoms with Crippen molar-refractivity contribution in [3.8, 4) is 0 Å². The molecule has 0 spiro atoms. The lowest BCUT2D eigenvalue weighted by Gasteiger charge is -2.41. The molecule has 0 bridgehead atoms. The number of rotatable bonds is 6. The second-order valence-electron chi connectivity index (χ2n) is 5.90. The largest absolute Gasteiger partial charge is 0.517 e. The van der Waals surface area contributed by atoms with Crippen LogP contribution in [-0.2, 0) is 19.3 Å². The molecule has 0 aromatic rings. The molecule has 0 aromatic carbocycles. The average molecular weight is 310 g/mol. The quantitative estimate of drug-likeness (QED) is 0.602. The Kier molecular flexibility index (Phi) is 6.23. The van der Waals surface area contributed by atoms with Crippen LogP contribution in [0.5, 0.6) is 0 Å². The zero-order valence-corrected chi connectivity index (χ0v) is 14.6. The lowest BCUT2D eigenvalue weighted by Crippen LogP contribution is -2.51. The molecule has 0 radical (unpaired) electrons. The third-order valence-corrected chi connectivity index (χ3v) is 10.8. The smallest absolute Gasteiger partial charge is 0.313 e. The van der Waals surface area contributed by atoms with Crippen LogP contribution in [0.2, 0.25) is 16.6 Å². The normalized spacial score (nSPS) is 15.1. The van der Waals surface area contributed by atoms with E-state index in [4.69, 9.17) is 8.98 Å². The fraction of sp³-hybridized carbons (Fsp3) is 0.917. The Morgan fingerprint density at radius 1 is 0.947 bits per heavy atom. The van der Waals surface area contributed by atoms with Crippen molar-refractivity contribution in [3.63, 3.8) is 0 Å². The van der Waals surface area contributed by atoms with Gasteiger partial charge in [-0.1, -0.05) is 41.5 Å². The Morgan fingerprint density at radius 3 is 1.47 bits per heavy atom. The van der Waals surface area contributed by atoms with Crippen molar-refractivity contribution in [2.45, 2.75) is 70.3 Å². The molecule has 114 valence electrons. The first-order valence-electron chi connectivity index (χ1n) is 6.56. The van der Waals surface area contributed by atoms with Crippen LogP contribution in [-0.4, -0.2) is 32.5 Å². The summed E-state index contributed by atoms with van der Waals surface area (Å²) in [7, 11) is -6.86. The second kappa shape index (κ2) is 6.36. The first-order valence-corrected chi connectivity index (χ1v) is 10.2. The molecule has 5 nitrogen and oxygen atoms in total. The molecule has 0 aliphatic rings. The van der Waals surface area contributed by atoms with Gasteiger partial charge in [0.2, 0.25) is 0 Å². The first kappa shape index (κ1) is 18.6. The van der Waals surface area contributed by atoms with E-state index in [0.29, 0.717) is 0 Å². The van der Waals surface area contributed by atoms with Gasteiger partial charge in [-0.2, -0.15) is 8.42 Å². The summed E-state index contributed by atoms with van der Waals surface area (Å²) in [5.41, 5.74) is 0.514. The van der Waals surface area contributed by atoms with Gasteiger partial charge in [0.05, 0.1) is 0 Å². The fourth-order valence-corrected chi connectivity index (χ4v) is 8.34. The third kappa shape index (κ3) is 4.03. The molecule has 19 heavy (non-hydrogen) atoms. The highest BCUT2D eigenvalue weighted by atomic mass is 32.2. The number of hydrogen-bond donors (Lipinski definition) is 1. The van der Waals surface area contributed by atoms with Crippen molar-refractivity contribution in [1.82, 2.24) is 0 Å². The summed E-state index contributed by atoms with van der Waals surface area (Å²) < 4.78 is 36.7. The van der Waals surface area contributed by atoms with E-state index in [0.717, 1.165) is 6.92 Å². The Morgan fingerprint density at radius 2 is 1.26 bits per heavy atom. The third-order valence-electron chi connectivity index (χ3n) is 3.76. The highest BCUT2D eigenvalue weighted by Crippen LogP contribution is 2.42. The average Bonchev–Trinajstić information content (AvgIpc) is 2.21. The van der Waals surface area contributed by atoms with E-state index < -0.39 is 29.7 Å². The van der Waals surface area contributed by atoms with Gasteiger partial charge < -0.3 is 4.43 Å². The second-order valence-corrected chi connectivity index (χ2v) is 13.0. The van der Waals surface area contributed by atoms with E-state index in [1.54, 1.807) is 0 Å². The van der Waals surface area contributed by atoms with Crippen LogP contribution in [0.15, 0.2) is 0 Å². The molecular formula is C12H26O5SSi. The van der Waals surface area contributed by atoms with E-state index in [-0.39, 0.29) is 16.6 Å². The first-order chi connectivity index (χ1) is 8.37. The van der Waals surface area contributed by atoms with Crippen LogP contribution in [0.25, 0.3) is 0 Å². The van der Waals surface area contributed by atoms with Gasteiger partial charge in [0.25, 0.3) is 18.4 Å². The maximum absolute atomic E-state index is 12.0. The molecule has 7 heteroatoms. The molecular weight excluding hydrogens is 284 g/mol. The molecule has 0 aliphatic carbocycles. The van der Waals surface area contributed by atoms with E-state index in [1.165, 1.54) is 0 Å². The van der Waals surface area contributed by atoms with Crippen LogP contribution in [0.3, 0.4) is 0 Å². The molecule has 1 N–H and O–H groups in total. The molecule has 0 amide bonds. The Bertz CT molecular complexity index is 392. The van der Waals surface area contributed by atoms with Crippen LogP contribution >= 0.6 is 0 Å². The molecule has 1 unspecified atom stereocenters. The minimum atomic E-state index is -4.40. The van der Waals surface area contributed by atoms with E-state index in [9.17, 15) is 13.2 Å². The van der Waals surface area contributed by atoms with Crippen LogP contribution in [0.4, 0.5) is 0 Å². The Hall–Kier alpha value is -0.403. The van der Waals surface area contributed by atoms with Gasteiger partial charge in [-0.3, -0.25) is 9.35 Å². The highest BCUT2D eigenvalue weighted by Gasteiger charge is 2.49. The summed E-state index contributed by atoms with van der Waals surface area (Å²) in [5, 5.41) is -1.53. The standard InChI is InChI=1S/C12H26O5SSi/c1-8(2)19(9(3)4,10(5)6)17-12(13)11(7)18(14,15)16/h8-11H,1-7H3,(H,14,15,16). The maximum atomic E-state index is 12.0. The molecule has 0 fully saturated rings. The summed E-state index contributed by atoms with van der Waals surface area (Å²) in [6.45, 7) is 13.1. The van der Waals surface area contributed by atoms with Crippen molar-refractivity contribution < 1.29 is 22.2 Å². The molecule has 0 saturated heterocycles. The van der Waals surface area contributed by atoms with Gasteiger partial charge in [-0.05, 0) is 23.5 Å². The fourth-order valence-electron chi connectivity index (χ4n) is 2.73. The van der Waals surface area contributed by atoms with Gasteiger partial charge in [0.15, 0.2) is 5.25 Å². The lowest BCUT2D eigenvalue weighted by atomic mass is 10.5. The topological polar surface area (TPSA) is 80.7 Å². The number of hydrogen-bond acceptors (Lipinski definition) is 4. The Labute approximate surface area is 117 Å². The predicted molar refractivity (Wildman–Crippen MR) is 78.2 cm³/mol. The molecule has 0 rings (SSSR count). The van der Waals surface area contributed by atoms with Gasteiger partial charge >= 0.3 is 5.97 Å². The van der Waals surface area contributed by atoms with Crippen molar-refractivity contribution in [1.29, 1.82) is 0 Å². The Balaban J connectivity index is 5.43. The van der Waals surface area contributed by atoms with Crippen molar-refractivity contribution >= 4 is 24.4 Å². The SMILES string of the molecule is CC(C)[Si](OC(=O)C(C)S(=O)(=O)O)(C(C)C)C(C)C. The van der Waals surface area contributed by atoms with Gasteiger partial charge in [-0.15, -0.1) is 0 Å². The number of carbonyl (C=O) groups is 1. The molecule has 0 heterocycles. The summed E-state index contributed by atoms with van der Waals surface area (Å²) in [5.74, 6) is -0.842. The summed E-state index contributed by atoms with van der Waals surface area (Å²) >= 11 is 0. The van der Waals surface area contributed by atoms with E-state index in [2.05, 4.69) is 0 Å². The predicted octanol–water partition coefficient (Wildman–Crippen LogP) is 2.98. The lowest BCUT2D eigenvalue weighted by molar-refractivity contribution is -0.135. The van der Waals surface area contributed by atoms with E-state index >= 15 is 0 Å². The van der Waals surface area contributed by atoms with Gasteiger partial charge in [0, 0.05) is 0 Å². The molecule has 0 saturated carbocycles. The minimum Gasteiger partial charge on any atom is -0.517 e. The minimum absolute atomic E-state index is 0.171. The maximum Gasteiger partial charge on any atom is 0.313 e. The zero-order chi connectivity index (χ0) is 15.6. The van der Waals surface area contributed by atoms with Crippen molar-refractivity contribution in [2.24, 2.45) is 0 Å². The van der Waals surface area contributed by atoms with Gasteiger partial charge in [0.1, 0.15) is 0 Å². The van der Waals surface area contributed by atoms with E-state index in [1.807, 2.05) is 41.5 Å². The van der Waals surface area contributed by atoms with Crippen molar-refractivity contribution in [3.05, 3.63) is 0 Å². The monoisotopic (exact) mass is 310 g/mol. The van der Waals surface area contributed by atoms with Crippen LogP contribution in [0, 0.1) is 0 Å². The molecule has 1 atom stereocenters. The highest BCUT2D eigenvalue weighted by molar-refractivity contribution is 7.87. The molecule has 0 aromatic heterocycles. The van der Waals surface area contributed by atoms with Gasteiger partial charge in [-0.25, -0.2) is 0 Å². The van der Waals surface area contributed by atoms with Crippen LogP contribution < -0.4 is 0 Å². The number of carbonyl (C=O) groups excluding carboxylic acids is 1. The summed E-state index contributed by atoms with van der Waals surface area (Å²) in [4.78, 5) is 12.0. The summed E-state index contributed by atoms with van der Waals surface area (Å²) in [6, 6.07) is 0. The molecule has 0 aliphatic heterocycles. The summed E-state index contributed by atoms with van der Waals surface area (Å²) in [6.07, 6.45) is 0.